The van der Waals surface area contributed by atoms with E-state index in [0.29, 0.717) is 22.1 Å². The molecule has 212 valence electrons. The number of rotatable bonds is 8. The van der Waals surface area contributed by atoms with E-state index in [-0.39, 0.29) is 36.7 Å². The summed E-state index contributed by atoms with van der Waals surface area (Å²) >= 11 is 8.85. The Kier molecular flexibility index (Phi) is 10.9. The Labute approximate surface area is 240 Å². The van der Waals surface area contributed by atoms with Crippen LogP contribution in [0, 0.1) is 5.82 Å². The van der Waals surface area contributed by atoms with Crippen molar-refractivity contribution in [2.24, 2.45) is 4.99 Å². The molecular weight excluding hydrogens is 568 g/mol. The predicted molar refractivity (Wildman–Crippen MR) is 152 cm³/mol. The van der Waals surface area contributed by atoms with Crippen molar-refractivity contribution in [3.63, 3.8) is 0 Å². The van der Waals surface area contributed by atoms with E-state index < -0.39 is 35.4 Å². The number of nitrogens with zero attached hydrogens (tertiary/aromatic N) is 3. The molecule has 2 aliphatic rings. The number of carbonyl (C=O) groups is 2. The van der Waals surface area contributed by atoms with Gasteiger partial charge in [-0.1, -0.05) is 43.5 Å². The Hall–Kier alpha value is -2.54. The molecule has 3 unspecified atom stereocenters. The highest BCUT2D eigenvalue weighted by Gasteiger charge is 2.46. The Morgan fingerprint density at radius 3 is 2.74 bits per heavy atom. The number of likely N-dealkylation sites (tertiary alicyclic amines) is 1. The molecule has 0 saturated carbocycles. The van der Waals surface area contributed by atoms with Crippen molar-refractivity contribution in [2.75, 3.05) is 26.0 Å². The highest BCUT2D eigenvalue weighted by atomic mass is 35.5. The fourth-order valence-corrected chi connectivity index (χ4v) is 5.66. The lowest BCUT2D eigenvalue weighted by Gasteiger charge is -2.31. The van der Waals surface area contributed by atoms with Gasteiger partial charge in [-0.25, -0.2) is 13.8 Å². The summed E-state index contributed by atoms with van der Waals surface area (Å²) in [5.41, 5.74) is -0.580. The van der Waals surface area contributed by atoms with E-state index in [1.807, 2.05) is 13.8 Å². The Bertz CT molecular complexity index is 1240. The first-order valence-corrected chi connectivity index (χ1v) is 15.0. The number of nitrogens with one attached hydrogen (secondary N) is 2. The lowest BCUT2D eigenvalue weighted by Crippen LogP contribution is -2.44. The standard InChI is InChI=1S/C24H26ClF2N5O3S2.C2H6/c1-4-35-23(34)17-10-24(2,27)12-32(17)11-16-18(21(33)31-36-3)19(14-6-5-13(26)9-15(14)25)30-20(29-16)22-28-7-8-37-22;1-2/h5-9,17,19H,4,10-12H2,1-3H3,(H,29,30)(H,31,33);1-2H3. The highest BCUT2D eigenvalue weighted by molar-refractivity contribution is 7.97. The number of benzene rings is 1. The third-order valence-corrected chi connectivity index (χ3v) is 7.47. The first kappa shape index (κ1) is 31.0. The van der Waals surface area contributed by atoms with Gasteiger partial charge in [-0.3, -0.25) is 24.2 Å². The molecule has 1 amide bonds. The van der Waals surface area contributed by atoms with Gasteiger partial charge in [-0.2, -0.15) is 0 Å². The molecule has 0 aliphatic carbocycles. The lowest BCUT2D eigenvalue weighted by atomic mass is 9.94. The summed E-state index contributed by atoms with van der Waals surface area (Å²) in [6.07, 6.45) is 3.28. The van der Waals surface area contributed by atoms with Crippen molar-refractivity contribution in [3.05, 3.63) is 62.5 Å². The summed E-state index contributed by atoms with van der Waals surface area (Å²) < 4.78 is 36.9. The molecule has 39 heavy (non-hydrogen) atoms. The number of halogens is 3. The van der Waals surface area contributed by atoms with Crippen LogP contribution < -0.4 is 10.0 Å². The van der Waals surface area contributed by atoms with E-state index in [9.17, 15) is 14.0 Å². The summed E-state index contributed by atoms with van der Waals surface area (Å²) in [5.74, 6) is -1.12. The maximum Gasteiger partial charge on any atom is 0.323 e. The van der Waals surface area contributed by atoms with Crippen molar-refractivity contribution in [1.29, 1.82) is 0 Å². The van der Waals surface area contributed by atoms with Gasteiger partial charge in [-0.05, 0) is 26.0 Å². The normalized spacial score (nSPS) is 22.9. The number of thiazole rings is 1. The van der Waals surface area contributed by atoms with E-state index in [0.717, 1.165) is 18.0 Å². The molecule has 1 fully saturated rings. The van der Waals surface area contributed by atoms with Crippen LogP contribution in [0.1, 0.15) is 50.7 Å². The van der Waals surface area contributed by atoms with Gasteiger partial charge >= 0.3 is 5.97 Å². The summed E-state index contributed by atoms with van der Waals surface area (Å²) in [7, 11) is 0. The summed E-state index contributed by atoms with van der Waals surface area (Å²) in [6.45, 7) is 7.29. The smallest absolute Gasteiger partial charge is 0.323 e. The molecule has 0 bridgehead atoms. The van der Waals surface area contributed by atoms with E-state index in [2.05, 4.69) is 15.0 Å². The first-order chi connectivity index (χ1) is 18.6. The SMILES string of the molecule is CC.CCOC(=O)C1CC(C)(F)CN1CC1=C(C(=O)NSC)C(c2ccc(F)cc2Cl)N=C(c2nccs2)N1. The zero-order valence-electron chi connectivity index (χ0n) is 22.4. The van der Waals surface area contributed by atoms with E-state index >= 15 is 4.39 Å². The number of amides is 1. The minimum absolute atomic E-state index is 0.0276. The molecule has 2 aromatic rings. The number of hydrogen-bond acceptors (Lipinski definition) is 9. The Morgan fingerprint density at radius 2 is 2.13 bits per heavy atom. The third kappa shape index (κ3) is 7.36. The van der Waals surface area contributed by atoms with Crippen LogP contribution in [0.4, 0.5) is 8.78 Å². The van der Waals surface area contributed by atoms with Crippen LogP contribution in [0.25, 0.3) is 0 Å². The van der Waals surface area contributed by atoms with Crippen LogP contribution >= 0.6 is 34.9 Å². The quantitative estimate of drug-likeness (QED) is 0.323. The van der Waals surface area contributed by atoms with Gasteiger partial charge in [0.2, 0.25) is 0 Å². The summed E-state index contributed by atoms with van der Waals surface area (Å²) in [6, 6.07) is 2.15. The van der Waals surface area contributed by atoms with Gasteiger partial charge in [0.25, 0.3) is 5.91 Å². The van der Waals surface area contributed by atoms with Crippen LogP contribution in [0.3, 0.4) is 0 Å². The van der Waals surface area contributed by atoms with Crippen LogP contribution in [0.5, 0.6) is 0 Å². The first-order valence-electron chi connectivity index (χ1n) is 12.5. The van der Waals surface area contributed by atoms with Gasteiger partial charge in [0.1, 0.15) is 23.6 Å². The molecule has 2 N–H and O–H groups in total. The molecule has 3 heterocycles. The van der Waals surface area contributed by atoms with Gasteiger partial charge < -0.3 is 10.1 Å². The minimum Gasteiger partial charge on any atom is -0.465 e. The Balaban J connectivity index is 0.00000205. The van der Waals surface area contributed by atoms with E-state index in [4.69, 9.17) is 21.3 Å². The topological polar surface area (TPSA) is 95.9 Å². The van der Waals surface area contributed by atoms with Crippen molar-refractivity contribution in [1.82, 2.24) is 19.9 Å². The molecule has 4 rings (SSSR count). The molecule has 1 aromatic heterocycles. The monoisotopic (exact) mass is 599 g/mol. The number of alkyl halides is 1. The van der Waals surface area contributed by atoms with Crippen LogP contribution in [-0.4, -0.2) is 65.3 Å². The number of ether oxygens (including phenoxy) is 1. The van der Waals surface area contributed by atoms with Gasteiger partial charge in [-0.15, -0.1) is 11.3 Å². The number of aliphatic imine (C=N–C) groups is 1. The fraction of sp³-hybridized carbons (Fsp3) is 0.462. The second-order valence-electron chi connectivity index (χ2n) is 8.83. The zero-order valence-corrected chi connectivity index (χ0v) is 24.8. The number of aromatic nitrogens is 1. The summed E-state index contributed by atoms with van der Waals surface area (Å²) in [5, 5.41) is 5.64. The Morgan fingerprint density at radius 1 is 1.38 bits per heavy atom. The van der Waals surface area contributed by atoms with Crippen molar-refractivity contribution >= 4 is 52.6 Å². The van der Waals surface area contributed by atoms with Crippen LogP contribution in [-0.2, 0) is 14.3 Å². The molecular formula is C26H32ClF2N5O3S2. The number of hydrogen-bond donors (Lipinski definition) is 2. The number of amidine groups is 1. The molecule has 13 heteroatoms. The zero-order chi connectivity index (χ0) is 28.7. The van der Waals surface area contributed by atoms with E-state index in [1.165, 1.54) is 30.4 Å². The number of esters is 1. The summed E-state index contributed by atoms with van der Waals surface area (Å²) in [4.78, 5) is 36.8. The maximum atomic E-state index is 15.1. The van der Waals surface area contributed by atoms with Crippen molar-refractivity contribution in [2.45, 2.75) is 51.9 Å². The number of carbonyl (C=O) groups excluding carboxylic acids is 2. The van der Waals surface area contributed by atoms with Gasteiger partial charge in [0.15, 0.2) is 10.8 Å². The fourth-order valence-electron chi connectivity index (χ4n) is 4.50. The van der Waals surface area contributed by atoms with Crippen molar-refractivity contribution < 1.29 is 23.1 Å². The van der Waals surface area contributed by atoms with E-state index in [1.54, 1.807) is 29.7 Å². The largest absolute Gasteiger partial charge is 0.465 e. The second-order valence-corrected chi connectivity index (χ2v) is 10.7. The second kappa shape index (κ2) is 13.7. The third-order valence-electron chi connectivity index (χ3n) is 5.97. The molecule has 0 radical (unpaired) electrons. The maximum absolute atomic E-state index is 15.1. The van der Waals surface area contributed by atoms with Gasteiger partial charge in [0, 0.05) is 53.6 Å². The average Bonchev–Trinajstić information content (AvgIpc) is 3.53. The molecule has 3 atom stereocenters. The molecule has 1 saturated heterocycles. The molecule has 0 spiro atoms. The lowest BCUT2D eigenvalue weighted by molar-refractivity contribution is -0.148. The van der Waals surface area contributed by atoms with Crippen LogP contribution in [0.15, 0.2) is 46.0 Å². The highest BCUT2D eigenvalue weighted by Crippen LogP contribution is 2.38. The molecule has 2 aliphatic heterocycles. The van der Waals surface area contributed by atoms with Crippen LogP contribution in [0.2, 0.25) is 5.02 Å². The average molecular weight is 600 g/mol. The van der Waals surface area contributed by atoms with Gasteiger partial charge in [0.05, 0.1) is 12.2 Å². The molecule has 1 aromatic carbocycles. The molecule has 8 nitrogen and oxygen atoms in total. The predicted octanol–water partition coefficient (Wildman–Crippen LogP) is 5.07. The van der Waals surface area contributed by atoms with Crippen molar-refractivity contribution in [3.8, 4) is 0 Å². The minimum atomic E-state index is -1.62.